The quantitative estimate of drug-likeness (QED) is 0.599. The number of carbonyl (C=O) groups excluding carboxylic acids is 1. The van der Waals surface area contributed by atoms with E-state index in [0.29, 0.717) is 0 Å². The topological polar surface area (TPSA) is 50.4 Å². The van der Waals surface area contributed by atoms with Crippen molar-refractivity contribution >= 4 is 23.5 Å². The molecule has 1 aromatic rings. The van der Waals surface area contributed by atoms with Crippen molar-refractivity contribution in [2.75, 3.05) is 24.8 Å². The van der Waals surface area contributed by atoms with E-state index in [1.165, 1.54) is 5.56 Å². The van der Waals surface area contributed by atoms with Crippen LogP contribution < -0.4 is 10.6 Å². The predicted molar refractivity (Wildman–Crippen MR) is 88.8 cm³/mol. The van der Waals surface area contributed by atoms with Crippen LogP contribution in [-0.2, 0) is 10.5 Å². The van der Waals surface area contributed by atoms with Gasteiger partial charge in [-0.3, -0.25) is 0 Å². The first kappa shape index (κ1) is 15.9. The third-order valence-corrected chi connectivity index (χ3v) is 4.22. The molecule has 0 bridgehead atoms. The predicted octanol–water partition coefficient (Wildman–Crippen LogP) is 3.41. The lowest BCUT2D eigenvalue weighted by Gasteiger charge is -2.13. The second-order valence-electron chi connectivity index (χ2n) is 4.98. The lowest BCUT2D eigenvalue weighted by atomic mass is 10.2. The van der Waals surface area contributed by atoms with Gasteiger partial charge in [-0.1, -0.05) is 24.3 Å². The van der Waals surface area contributed by atoms with E-state index in [0.717, 1.165) is 36.6 Å². The van der Waals surface area contributed by atoms with Crippen molar-refractivity contribution < 1.29 is 9.53 Å². The zero-order chi connectivity index (χ0) is 14.9. The van der Waals surface area contributed by atoms with Crippen molar-refractivity contribution in [2.24, 2.45) is 0 Å². The summed E-state index contributed by atoms with van der Waals surface area (Å²) in [7, 11) is 1.71. The number of hydrogen-bond donors (Lipinski definition) is 2. The highest BCUT2D eigenvalue weighted by molar-refractivity contribution is 7.98. The number of ether oxygens (including phenoxy) is 1. The van der Waals surface area contributed by atoms with Crippen molar-refractivity contribution in [3.05, 3.63) is 42.0 Å². The van der Waals surface area contributed by atoms with Crippen LogP contribution in [0, 0.1) is 0 Å². The van der Waals surface area contributed by atoms with E-state index in [4.69, 9.17) is 4.74 Å². The second kappa shape index (κ2) is 8.74. The lowest BCUT2D eigenvalue weighted by molar-refractivity contribution is 0.218. The highest BCUT2D eigenvalue weighted by Gasteiger charge is 2.12. The fourth-order valence-electron chi connectivity index (χ4n) is 2.16. The largest absolute Gasteiger partial charge is 0.384 e. The standard InChI is InChI=1S/C16H22N2O2S/c1-20-9-10-21-12-13-5-4-8-15(11-13)18-16(19)17-14-6-2-3-7-14/h2-5,8,11,14H,6-7,9-10,12H2,1H3,(H2,17,18,19). The molecule has 0 saturated carbocycles. The van der Waals surface area contributed by atoms with Gasteiger partial charge in [-0.15, -0.1) is 0 Å². The molecule has 0 unspecified atom stereocenters. The maximum atomic E-state index is 11.9. The van der Waals surface area contributed by atoms with Gasteiger partial charge in [0.15, 0.2) is 0 Å². The van der Waals surface area contributed by atoms with Crippen LogP contribution in [0.2, 0.25) is 0 Å². The minimum Gasteiger partial charge on any atom is -0.384 e. The van der Waals surface area contributed by atoms with Gasteiger partial charge in [0.2, 0.25) is 0 Å². The molecule has 5 heteroatoms. The van der Waals surface area contributed by atoms with E-state index in [9.17, 15) is 4.79 Å². The number of urea groups is 1. The summed E-state index contributed by atoms with van der Waals surface area (Å²) in [6.07, 6.45) is 6.04. The van der Waals surface area contributed by atoms with Gasteiger partial charge in [0, 0.05) is 30.3 Å². The average molecular weight is 306 g/mol. The number of rotatable bonds is 7. The summed E-state index contributed by atoms with van der Waals surface area (Å²) in [6, 6.07) is 8.08. The smallest absolute Gasteiger partial charge is 0.319 e. The van der Waals surface area contributed by atoms with Crippen molar-refractivity contribution in [2.45, 2.75) is 24.6 Å². The van der Waals surface area contributed by atoms with Crippen LogP contribution in [0.1, 0.15) is 18.4 Å². The van der Waals surface area contributed by atoms with Crippen LogP contribution >= 0.6 is 11.8 Å². The summed E-state index contributed by atoms with van der Waals surface area (Å²) >= 11 is 1.82. The molecular weight excluding hydrogens is 284 g/mol. The number of nitrogens with one attached hydrogen (secondary N) is 2. The average Bonchev–Trinajstić information content (AvgIpc) is 2.97. The Morgan fingerprint density at radius 3 is 2.95 bits per heavy atom. The van der Waals surface area contributed by atoms with Crippen LogP contribution in [0.4, 0.5) is 10.5 Å². The second-order valence-corrected chi connectivity index (χ2v) is 6.09. The molecule has 2 rings (SSSR count). The van der Waals surface area contributed by atoms with E-state index >= 15 is 0 Å². The monoisotopic (exact) mass is 306 g/mol. The summed E-state index contributed by atoms with van der Waals surface area (Å²) in [5.74, 6) is 1.90. The van der Waals surface area contributed by atoms with Crippen molar-refractivity contribution in [3.8, 4) is 0 Å². The summed E-state index contributed by atoms with van der Waals surface area (Å²) in [4.78, 5) is 11.9. The molecule has 2 amide bonds. The molecule has 0 heterocycles. The number of anilines is 1. The SMILES string of the molecule is COCCSCc1cccc(NC(=O)NC2CC=CC2)c1. The highest BCUT2D eigenvalue weighted by Crippen LogP contribution is 2.17. The minimum absolute atomic E-state index is 0.132. The van der Waals surface area contributed by atoms with Crippen molar-refractivity contribution in [3.63, 3.8) is 0 Å². The van der Waals surface area contributed by atoms with E-state index in [-0.39, 0.29) is 12.1 Å². The van der Waals surface area contributed by atoms with E-state index in [2.05, 4.69) is 28.9 Å². The summed E-state index contributed by atoms with van der Waals surface area (Å²) < 4.78 is 5.03. The number of benzene rings is 1. The summed E-state index contributed by atoms with van der Waals surface area (Å²) in [5.41, 5.74) is 2.04. The Labute approximate surface area is 130 Å². The fourth-order valence-corrected chi connectivity index (χ4v) is 3.00. The molecule has 0 atom stereocenters. The van der Waals surface area contributed by atoms with Crippen LogP contribution in [0.15, 0.2) is 36.4 Å². The molecule has 0 aromatic heterocycles. The highest BCUT2D eigenvalue weighted by atomic mass is 32.2. The third-order valence-electron chi connectivity index (χ3n) is 3.23. The normalized spacial score (nSPS) is 14.3. The Morgan fingerprint density at radius 1 is 1.38 bits per heavy atom. The molecule has 0 fully saturated rings. The molecule has 0 saturated heterocycles. The van der Waals surface area contributed by atoms with Crippen LogP contribution in [0.5, 0.6) is 0 Å². The van der Waals surface area contributed by atoms with Gasteiger partial charge in [0.05, 0.1) is 6.61 Å². The lowest BCUT2D eigenvalue weighted by Crippen LogP contribution is -2.36. The van der Waals surface area contributed by atoms with Gasteiger partial charge >= 0.3 is 6.03 Å². The maximum Gasteiger partial charge on any atom is 0.319 e. The summed E-state index contributed by atoms with van der Waals surface area (Å²) in [5, 5.41) is 5.87. The number of methoxy groups -OCH3 is 1. The fraction of sp³-hybridized carbons (Fsp3) is 0.438. The third kappa shape index (κ3) is 5.81. The molecule has 114 valence electrons. The molecule has 0 spiro atoms. The molecule has 1 aromatic carbocycles. The van der Waals surface area contributed by atoms with E-state index < -0.39 is 0 Å². The number of hydrogen-bond acceptors (Lipinski definition) is 3. The minimum atomic E-state index is -0.132. The first-order valence-electron chi connectivity index (χ1n) is 7.16. The van der Waals surface area contributed by atoms with Crippen LogP contribution in [0.25, 0.3) is 0 Å². The Bertz CT molecular complexity index is 483. The van der Waals surface area contributed by atoms with Gasteiger partial charge in [-0.05, 0) is 30.5 Å². The van der Waals surface area contributed by atoms with E-state index in [1.54, 1.807) is 7.11 Å². The Balaban J connectivity index is 1.78. The number of carbonyl (C=O) groups is 1. The number of thioether (sulfide) groups is 1. The van der Waals surface area contributed by atoms with Gasteiger partial charge in [-0.25, -0.2) is 4.79 Å². The molecule has 21 heavy (non-hydrogen) atoms. The van der Waals surface area contributed by atoms with Gasteiger partial charge < -0.3 is 15.4 Å². The molecular formula is C16H22N2O2S. The molecule has 2 N–H and O–H groups in total. The number of amides is 2. The molecule has 1 aliphatic rings. The zero-order valence-electron chi connectivity index (χ0n) is 12.3. The van der Waals surface area contributed by atoms with Crippen molar-refractivity contribution in [1.29, 1.82) is 0 Å². The first-order valence-corrected chi connectivity index (χ1v) is 8.31. The van der Waals surface area contributed by atoms with Gasteiger partial charge in [0.25, 0.3) is 0 Å². The Hall–Kier alpha value is -1.46. The van der Waals surface area contributed by atoms with Crippen LogP contribution in [-0.4, -0.2) is 31.5 Å². The molecule has 0 aliphatic heterocycles. The van der Waals surface area contributed by atoms with Crippen molar-refractivity contribution in [1.82, 2.24) is 5.32 Å². The molecule has 4 nitrogen and oxygen atoms in total. The first-order chi connectivity index (χ1) is 10.3. The Kier molecular flexibility index (Phi) is 6.63. The Morgan fingerprint density at radius 2 is 2.19 bits per heavy atom. The van der Waals surface area contributed by atoms with Gasteiger partial charge in [0.1, 0.15) is 0 Å². The molecule has 0 radical (unpaired) electrons. The van der Waals surface area contributed by atoms with Gasteiger partial charge in [-0.2, -0.15) is 11.8 Å². The van der Waals surface area contributed by atoms with E-state index in [1.807, 2.05) is 30.0 Å². The summed E-state index contributed by atoms with van der Waals surface area (Å²) in [6.45, 7) is 0.764. The van der Waals surface area contributed by atoms with Crippen LogP contribution in [0.3, 0.4) is 0 Å². The molecule has 1 aliphatic carbocycles. The zero-order valence-corrected chi connectivity index (χ0v) is 13.1. The maximum absolute atomic E-state index is 11.9.